The first-order valence-corrected chi connectivity index (χ1v) is 8.50. The zero-order valence-electron chi connectivity index (χ0n) is 12.6. The van der Waals surface area contributed by atoms with E-state index in [9.17, 15) is 0 Å². The minimum Gasteiger partial charge on any atom is -0.488 e. The molecule has 0 bridgehead atoms. The minimum atomic E-state index is -0.408. The number of rotatable bonds is 5. The van der Waals surface area contributed by atoms with Gasteiger partial charge < -0.3 is 15.0 Å². The Hall–Kier alpha value is -2.18. The number of nitrogens with two attached hydrogens (primary N) is 1. The molecule has 0 amide bonds. The van der Waals surface area contributed by atoms with Crippen molar-refractivity contribution in [1.82, 2.24) is 10.1 Å². The van der Waals surface area contributed by atoms with Gasteiger partial charge in [0, 0.05) is 10.4 Å². The summed E-state index contributed by atoms with van der Waals surface area (Å²) in [5, 5.41) is 6.09. The van der Waals surface area contributed by atoms with E-state index < -0.39 is 5.54 Å². The molecule has 3 aromatic rings. The van der Waals surface area contributed by atoms with Crippen molar-refractivity contribution in [3.05, 3.63) is 52.5 Å². The average molecular weight is 327 g/mol. The Balaban J connectivity index is 1.51. The van der Waals surface area contributed by atoms with Crippen LogP contribution >= 0.6 is 11.3 Å². The van der Waals surface area contributed by atoms with Gasteiger partial charge in [-0.3, -0.25) is 0 Å². The third-order valence-electron chi connectivity index (χ3n) is 4.16. The van der Waals surface area contributed by atoms with Gasteiger partial charge >= 0.3 is 0 Å². The van der Waals surface area contributed by atoms with E-state index in [2.05, 4.69) is 16.2 Å². The first-order valence-electron chi connectivity index (χ1n) is 7.62. The fraction of sp³-hybridized carbons (Fsp3) is 0.294. The second kappa shape index (κ2) is 5.79. The third kappa shape index (κ3) is 2.87. The van der Waals surface area contributed by atoms with Gasteiger partial charge in [0.1, 0.15) is 12.4 Å². The van der Waals surface area contributed by atoms with Crippen LogP contribution in [0.4, 0.5) is 0 Å². The topological polar surface area (TPSA) is 74.2 Å². The van der Waals surface area contributed by atoms with Crippen molar-refractivity contribution in [1.29, 1.82) is 0 Å². The van der Waals surface area contributed by atoms with Crippen LogP contribution in [0.5, 0.6) is 5.75 Å². The molecule has 2 aromatic heterocycles. The van der Waals surface area contributed by atoms with E-state index >= 15 is 0 Å². The van der Waals surface area contributed by atoms with Crippen molar-refractivity contribution in [2.24, 2.45) is 5.73 Å². The van der Waals surface area contributed by atoms with Crippen LogP contribution in [0.2, 0.25) is 0 Å². The summed E-state index contributed by atoms with van der Waals surface area (Å²) >= 11 is 1.68. The molecule has 1 saturated carbocycles. The normalized spacial score (nSPS) is 16.0. The first kappa shape index (κ1) is 14.4. The van der Waals surface area contributed by atoms with Gasteiger partial charge in [-0.1, -0.05) is 17.3 Å². The van der Waals surface area contributed by atoms with Crippen molar-refractivity contribution in [2.75, 3.05) is 0 Å². The standard InChI is InChI=1S/C17H17N3O2S/c18-17(7-3-8-17)16-19-15(22-20-16)12-4-1-5-13(10-12)21-11-14-6-2-9-23-14/h1-2,4-6,9-10H,3,7-8,11,18H2. The summed E-state index contributed by atoms with van der Waals surface area (Å²) in [4.78, 5) is 5.65. The zero-order valence-corrected chi connectivity index (χ0v) is 13.4. The highest BCUT2D eigenvalue weighted by Gasteiger charge is 2.39. The lowest BCUT2D eigenvalue weighted by atomic mass is 9.77. The van der Waals surface area contributed by atoms with Crippen LogP contribution < -0.4 is 10.5 Å². The SMILES string of the molecule is NC1(c2noc(-c3cccc(OCc4cccs4)c3)n2)CCC1. The van der Waals surface area contributed by atoms with Gasteiger partial charge in [0.25, 0.3) is 5.89 Å². The maximum atomic E-state index is 6.24. The summed E-state index contributed by atoms with van der Waals surface area (Å²) < 4.78 is 11.2. The highest BCUT2D eigenvalue weighted by Crippen LogP contribution is 2.37. The van der Waals surface area contributed by atoms with Crippen molar-refractivity contribution in [3.63, 3.8) is 0 Å². The summed E-state index contributed by atoms with van der Waals surface area (Å²) in [5.74, 6) is 1.86. The van der Waals surface area contributed by atoms with Crippen LogP contribution in [0.25, 0.3) is 11.5 Å². The highest BCUT2D eigenvalue weighted by atomic mass is 32.1. The molecule has 1 aromatic carbocycles. The molecule has 2 N–H and O–H groups in total. The lowest BCUT2D eigenvalue weighted by Crippen LogP contribution is -2.44. The van der Waals surface area contributed by atoms with Crippen molar-refractivity contribution >= 4 is 11.3 Å². The predicted molar refractivity (Wildman–Crippen MR) is 88.1 cm³/mol. The predicted octanol–water partition coefficient (Wildman–Crippen LogP) is 3.72. The number of thiophene rings is 1. The number of nitrogens with zero attached hydrogens (tertiary/aromatic N) is 2. The third-order valence-corrected chi connectivity index (χ3v) is 5.01. The van der Waals surface area contributed by atoms with E-state index in [1.54, 1.807) is 11.3 Å². The molecule has 0 aliphatic heterocycles. The van der Waals surface area contributed by atoms with Crippen LogP contribution in [0.1, 0.15) is 30.0 Å². The second-order valence-corrected chi connectivity index (χ2v) is 6.86. The van der Waals surface area contributed by atoms with E-state index in [1.807, 2.05) is 35.7 Å². The van der Waals surface area contributed by atoms with Gasteiger partial charge in [-0.15, -0.1) is 11.3 Å². The number of hydrogen-bond acceptors (Lipinski definition) is 6. The lowest BCUT2D eigenvalue weighted by Gasteiger charge is -2.34. The molecular weight excluding hydrogens is 310 g/mol. The molecule has 4 rings (SSSR count). The summed E-state index contributed by atoms with van der Waals surface area (Å²) in [6, 6.07) is 11.8. The van der Waals surface area contributed by atoms with Gasteiger partial charge in [-0.05, 0) is 48.9 Å². The molecule has 1 aliphatic carbocycles. The molecule has 0 saturated heterocycles. The van der Waals surface area contributed by atoms with E-state index in [0.717, 1.165) is 30.6 Å². The van der Waals surface area contributed by atoms with Gasteiger partial charge in [0.2, 0.25) is 0 Å². The van der Waals surface area contributed by atoms with Crippen LogP contribution in [0.3, 0.4) is 0 Å². The Bertz CT molecular complexity index is 794. The van der Waals surface area contributed by atoms with Crippen LogP contribution in [0, 0.1) is 0 Å². The summed E-state index contributed by atoms with van der Waals surface area (Å²) in [5.41, 5.74) is 6.67. The monoisotopic (exact) mass is 327 g/mol. The maximum absolute atomic E-state index is 6.24. The van der Waals surface area contributed by atoms with Gasteiger partial charge in [0.15, 0.2) is 5.82 Å². The molecule has 0 unspecified atom stereocenters. The number of benzene rings is 1. The Morgan fingerprint density at radius 3 is 2.91 bits per heavy atom. The minimum absolute atomic E-state index is 0.408. The van der Waals surface area contributed by atoms with Crippen molar-refractivity contribution in [2.45, 2.75) is 31.4 Å². The largest absolute Gasteiger partial charge is 0.488 e. The summed E-state index contributed by atoms with van der Waals surface area (Å²) in [7, 11) is 0. The van der Waals surface area contributed by atoms with Crippen LogP contribution in [-0.4, -0.2) is 10.1 Å². The van der Waals surface area contributed by atoms with Crippen LogP contribution in [0.15, 0.2) is 46.3 Å². The summed E-state index contributed by atoms with van der Waals surface area (Å²) in [6.45, 7) is 0.558. The highest BCUT2D eigenvalue weighted by molar-refractivity contribution is 7.09. The Morgan fingerprint density at radius 1 is 1.26 bits per heavy atom. The average Bonchev–Trinajstić information content (AvgIpc) is 3.22. The lowest BCUT2D eigenvalue weighted by molar-refractivity contribution is 0.229. The molecular formula is C17H17N3O2S. The molecule has 2 heterocycles. The molecule has 118 valence electrons. The molecule has 0 atom stereocenters. The second-order valence-electron chi connectivity index (χ2n) is 5.83. The van der Waals surface area contributed by atoms with E-state index in [4.69, 9.17) is 15.0 Å². The number of aromatic nitrogens is 2. The fourth-order valence-electron chi connectivity index (χ4n) is 2.59. The van der Waals surface area contributed by atoms with E-state index in [0.29, 0.717) is 18.3 Å². The molecule has 23 heavy (non-hydrogen) atoms. The van der Waals surface area contributed by atoms with Crippen molar-refractivity contribution in [3.8, 4) is 17.2 Å². The summed E-state index contributed by atoms with van der Waals surface area (Å²) in [6.07, 6.45) is 2.94. The Morgan fingerprint density at radius 2 is 2.17 bits per heavy atom. The van der Waals surface area contributed by atoms with E-state index in [-0.39, 0.29) is 0 Å². The maximum Gasteiger partial charge on any atom is 0.258 e. The Labute approximate surface area is 138 Å². The molecule has 0 radical (unpaired) electrons. The van der Waals surface area contributed by atoms with Gasteiger partial charge in [-0.25, -0.2) is 0 Å². The molecule has 1 fully saturated rings. The van der Waals surface area contributed by atoms with E-state index in [1.165, 1.54) is 4.88 Å². The molecule has 6 heteroatoms. The molecule has 1 aliphatic rings. The van der Waals surface area contributed by atoms with Gasteiger partial charge in [-0.2, -0.15) is 4.98 Å². The molecule has 0 spiro atoms. The smallest absolute Gasteiger partial charge is 0.258 e. The zero-order chi connectivity index (χ0) is 15.7. The van der Waals surface area contributed by atoms with Gasteiger partial charge in [0.05, 0.1) is 5.54 Å². The number of hydrogen-bond donors (Lipinski definition) is 1. The molecule has 5 nitrogen and oxygen atoms in total. The quantitative estimate of drug-likeness (QED) is 0.773. The van der Waals surface area contributed by atoms with Crippen molar-refractivity contribution < 1.29 is 9.26 Å². The number of ether oxygens (including phenoxy) is 1. The first-order chi connectivity index (χ1) is 11.2. The fourth-order valence-corrected chi connectivity index (χ4v) is 3.21. The Kier molecular flexibility index (Phi) is 3.63. The van der Waals surface area contributed by atoms with Crippen LogP contribution in [-0.2, 0) is 12.1 Å².